The molecule has 0 fully saturated rings. The largest absolute Gasteiger partial charge is 0.444 e. The molecule has 0 aliphatic rings. The summed E-state index contributed by atoms with van der Waals surface area (Å²) in [6.45, 7) is 17.4. The highest BCUT2D eigenvalue weighted by molar-refractivity contribution is 7.99. The van der Waals surface area contributed by atoms with Crippen molar-refractivity contribution in [2.24, 2.45) is 5.92 Å². The average Bonchev–Trinajstić information content (AvgIpc) is 2.89. The van der Waals surface area contributed by atoms with Crippen LogP contribution in [0.5, 0.6) is 0 Å². The molecule has 0 aromatic heterocycles. The summed E-state index contributed by atoms with van der Waals surface area (Å²) in [4.78, 5) is 40.1. The van der Waals surface area contributed by atoms with E-state index in [1.165, 1.54) is 5.56 Å². The van der Waals surface area contributed by atoms with E-state index in [4.69, 9.17) is 4.74 Å². The lowest BCUT2D eigenvalue weighted by molar-refractivity contribution is -0.130. The standard InChI is InChI=1S/C34H51N3O5S/c1-22(2)19-27(29(38)21-43-26-17-15-25(16-18-26)33(4,5)6)36-30(39)23(3)35-31(40)28(20-24-13-11-10-12-14-24)37-32(41)42-34(7,8)9/h10-18,22-23,27-29,38H,19-21H2,1-9H3,(H,35,40)(H,36,39)(H,37,41)/t23-,27+,28-,29+/m0/s1. The van der Waals surface area contributed by atoms with Gasteiger partial charge >= 0.3 is 6.09 Å². The predicted molar refractivity (Wildman–Crippen MR) is 174 cm³/mol. The Balaban J connectivity index is 2.05. The molecule has 9 heteroatoms. The first-order valence-electron chi connectivity index (χ1n) is 15.0. The third-order valence-corrected chi connectivity index (χ3v) is 7.81. The number of alkyl carbamates (subject to hydrolysis) is 1. The van der Waals surface area contributed by atoms with Gasteiger partial charge in [0.15, 0.2) is 0 Å². The van der Waals surface area contributed by atoms with Gasteiger partial charge in [0.05, 0.1) is 12.1 Å². The van der Waals surface area contributed by atoms with Crippen molar-refractivity contribution in [1.82, 2.24) is 16.0 Å². The lowest BCUT2D eigenvalue weighted by Gasteiger charge is -2.28. The summed E-state index contributed by atoms with van der Waals surface area (Å²) >= 11 is 1.54. The summed E-state index contributed by atoms with van der Waals surface area (Å²) in [5.41, 5.74) is 1.42. The molecule has 4 atom stereocenters. The van der Waals surface area contributed by atoms with Crippen molar-refractivity contribution in [2.75, 3.05) is 5.75 Å². The number of ether oxygens (including phenoxy) is 1. The lowest BCUT2D eigenvalue weighted by atomic mass is 9.87. The number of carbonyl (C=O) groups excluding carboxylic acids is 3. The van der Waals surface area contributed by atoms with Crippen molar-refractivity contribution in [3.63, 3.8) is 0 Å². The minimum atomic E-state index is -0.953. The minimum Gasteiger partial charge on any atom is -0.444 e. The van der Waals surface area contributed by atoms with E-state index in [1.54, 1.807) is 39.5 Å². The number of carbonyl (C=O) groups is 3. The van der Waals surface area contributed by atoms with E-state index in [-0.39, 0.29) is 17.8 Å². The summed E-state index contributed by atoms with van der Waals surface area (Å²) in [7, 11) is 0. The highest BCUT2D eigenvalue weighted by Gasteiger charge is 2.29. The Morgan fingerprint density at radius 2 is 1.44 bits per heavy atom. The van der Waals surface area contributed by atoms with Crippen LogP contribution in [0.1, 0.15) is 79.9 Å². The molecule has 0 heterocycles. The molecule has 8 nitrogen and oxygen atoms in total. The second kappa shape index (κ2) is 16.1. The Hall–Kier alpha value is -3.04. The van der Waals surface area contributed by atoms with Crippen LogP contribution in [0.2, 0.25) is 0 Å². The van der Waals surface area contributed by atoms with Crippen molar-refractivity contribution in [1.29, 1.82) is 0 Å². The van der Waals surface area contributed by atoms with Crippen molar-refractivity contribution in [3.05, 3.63) is 65.7 Å². The molecular formula is C34H51N3O5S. The van der Waals surface area contributed by atoms with E-state index in [1.807, 2.05) is 44.2 Å². The zero-order valence-electron chi connectivity index (χ0n) is 27.2. The van der Waals surface area contributed by atoms with Gasteiger partial charge in [0.1, 0.15) is 17.7 Å². The Morgan fingerprint density at radius 1 is 0.837 bits per heavy atom. The fraction of sp³-hybridized carbons (Fsp3) is 0.559. The van der Waals surface area contributed by atoms with Crippen molar-refractivity contribution >= 4 is 29.7 Å². The van der Waals surface area contributed by atoms with Crippen LogP contribution in [0, 0.1) is 5.92 Å². The summed E-state index contributed by atoms with van der Waals surface area (Å²) in [5.74, 6) is -0.276. The van der Waals surface area contributed by atoms with Crippen LogP contribution in [0.3, 0.4) is 0 Å². The number of thioether (sulfide) groups is 1. The number of aliphatic hydroxyl groups excluding tert-OH is 1. The van der Waals surface area contributed by atoms with Gasteiger partial charge in [-0.3, -0.25) is 9.59 Å². The molecule has 0 unspecified atom stereocenters. The molecule has 0 aliphatic heterocycles. The van der Waals surface area contributed by atoms with Gasteiger partial charge in [0.2, 0.25) is 11.8 Å². The van der Waals surface area contributed by atoms with Crippen molar-refractivity contribution < 1.29 is 24.2 Å². The second-order valence-electron chi connectivity index (χ2n) is 13.5. The van der Waals surface area contributed by atoms with E-state index < -0.39 is 47.7 Å². The number of hydrogen-bond acceptors (Lipinski definition) is 6. The molecule has 2 rings (SSSR count). The molecule has 2 aromatic rings. The summed E-state index contributed by atoms with van der Waals surface area (Å²) in [6.07, 6.45) is -0.704. The number of rotatable bonds is 13. The molecule has 0 aliphatic carbocycles. The van der Waals surface area contributed by atoms with Crippen LogP contribution in [0.15, 0.2) is 59.5 Å². The number of aliphatic hydroxyl groups is 1. The topological polar surface area (TPSA) is 117 Å². The van der Waals surface area contributed by atoms with Crippen LogP contribution >= 0.6 is 11.8 Å². The smallest absolute Gasteiger partial charge is 0.408 e. The minimum absolute atomic E-state index is 0.0643. The maximum Gasteiger partial charge on any atom is 0.408 e. The Kier molecular flexibility index (Phi) is 13.6. The first-order valence-corrected chi connectivity index (χ1v) is 16.0. The first-order chi connectivity index (χ1) is 19.9. The third kappa shape index (κ3) is 13.4. The van der Waals surface area contributed by atoms with Gasteiger partial charge in [-0.2, -0.15) is 0 Å². The van der Waals surface area contributed by atoms with Crippen molar-refractivity contribution in [2.45, 2.75) is 115 Å². The predicted octanol–water partition coefficient (Wildman–Crippen LogP) is 5.61. The molecule has 0 saturated carbocycles. The SMILES string of the molecule is CC(C)C[C@@H](NC(=O)[C@H](C)NC(=O)[C@H](Cc1ccccc1)NC(=O)OC(C)(C)C)[C@H](O)CSc1ccc(C(C)(C)C)cc1. The summed E-state index contributed by atoms with van der Waals surface area (Å²) < 4.78 is 5.36. The number of hydrogen-bond donors (Lipinski definition) is 4. The van der Waals surface area contributed by atoms with Gasteiger partial charge in [-0.1, -0.05) is 77.1 Å². The Labute approximate surface area is 262 Å². The van der Waals surface area contributed by atoms with Crippen LogP contribution in [-0.4, -0.2) is 58.6 Å². The van der Waals surface area contributed by atoms with Crippen LogP contribution < -0.4 is 16.0 Å². The average molecular weight is 614 g/mol. The molecule has 0 saturated heterocycles. The van der Waals surface area contributed by atoms with Crippen LogP contribution in [0.4, 0.5) is 4.79 Å². The molecule has 2 aromatic carbocycles. The zero-order valence-corrected chi connectivity index (χ0v) is 28.0. The van der Waals surface area contributed by atoms with Crippen LogP contribution in [-0.2, 0) is 26.2 Å². The van der Waals surface area contributed by atoms with E-state index in [9.17, 15) is 19.5 Å². The van der Waals surface area contributed by atoms with Gasteiger partial charge in [-0.25, -0.2) is 4.79 Å². The third-order valence-electron chi connectivity index (χ3n) is 6.70. The molecule has 3 amide bonds. The number of benzene rings is 2. The molecule has 0 radical (unpaired) electrons. The molecule has 0 bridgehead atoms. The summed E-state index contributed by atoms with van der Waals surface area (Å²) in [5, 5.41) is 19.4. The lowest BCUT2D eigenvalue weighted by Crippen LogP contribution is -2.56. The van der Waals surface area contributed by atoms with Gasteiger partial charge in [-0.15, -0.1) is 11.8 Å². The first kappa shape index (κ1) is 36.2. The second-order valence-corrected chi connectivity index (χ2v) is 14.6. The van der Waals surface area contributed by atoms with Gasteiger partial charge < -0.3 is 25.8 Å². The van der Waals surface area contributed by atoms with Crippen molar-refractivity contribution in [3.8, 4) is 0 Å². The molecule has 4 N–H and O–H groups in total. The number of nitrogens with one attached hydrogen (secondary N) is 3. The fourth-order valence-electron chi connectivity index (χ4n) is 4.37. The van der Waals surface area contributed by atoms with Gasteiger partial charge in [0, 0.05) is 17.1 Å². The monoisotopic (exact) mass is 613 g/mol. The number of amides is 3. The molecular weight excluding hydrogens is 562 g/mol. The highest BCUT2D eigenvalue weighted by atomic mass is 32.2. The van der Waals surface area contributed by atoms with E-state index in [2.05, 4.69) is 61.0 Å². The Bertz CT molecular complexity index is 1170. The van der Waals surface area contributed by atoms with Gasteiger partial charge in [-0.05, 0) is 68.7 Å². The Morgan fingerprint density at radius 3 is 1.98 bits per heavy atom. The fourth-order valence-corrected chi connectivity index (χ4v) is 5.29. The molecule has 43 heavy (non-hydrogen) atoms. The molecule has 0 spiro atoms. The van der Waals surface area contributed by atoms with Gasteiger partial charge in [0.25, 0.3) is 0 Å². The quantitative estimate of drug-likeness (QED) is 0.218. The van der Waals surface area contributed by atoms with Crippen LogP contribution in [0.25, 0.3) is 0 Å². The van der Waals surface area contributed by atoms with E-state index in [0.29, 0.717) is 12.2 Å². The molecule has 238 valence electrons. The maximum absolute atomic E-state index is 13.3. The van der Waals surface area contributed by atoms with E-state index in [0.717, 1.165) is 10.5 Å². The normalized spacial score (nSPS) is 14.8. The summed E-state index contributed by atoms with van der Waals surface area (Å²) in [6, 6.07) is 15.3. The maximum atomic E-state index is 13.3. The van der Waals surface area contributed by atoms with E-state index >= 15 is 0 Å². The zero-order chi connectivity index (χ0) is 32.4. The highest BCUT2D eigenvalue weighted by Crippen LogP contribution is 2.26.